The van der Waals surface area contributed by atoms with E-state index in [0.717, 1.165) is 10.5 Å². The first kappa shape index (κ1) is 13.7. The minimum Gasteiger partial charge on any atom is -0.490 e. The van der Waals surface area contributed by atoms with Crippen molar-refractivity contribution in [1.29, 1.82) is 0 Å². The zero-order valence-electron chi connectivity index (χ0n) is 10.1. The summed E-state index contributed by atoms with van der Waals surface area (Å²) in [6.45, 7) is 0.555. The number of sulfonamides is 1. The molecule has 1 aliphatic rings. The Bertz CT molecular complexity index is 594. The second-order valence-corrected chi connectivity index (χ2v) is 5.64. The first-order valence-electron chi connectivity index (χ1n) is 5.45. The Kier molecular flexibility index (Phi) is 3.69. The summed E-state index contributed by atoms with van der Waals surface area (Å²) in [6, 6.07) is 3.47. The zero-order chi connectivity index (χ0) is 14.0. The van der Waals surface area contributed by atoms with E-state index >= 15 is 0 Å². The summed E-state index contributed by atoms with van der Waals surface area (Å²) in [5, 5.41) is 10.9. The average Bonchev–Trinajstić information content (AvgIpc) is 2.92. The van der Waals surface area contributed by atoms with E-state index in [9.17, 15) is 18.5 Å². The number of benzene rings is 1. The summed E-state index contributed by atoms with van der Waals surface area (Å²) in [4.78, 5) is 15.0. The van der Waals surface area contributed by atoms with Crippen LogP contribution in [0.4, 0.5) is 5.69 Å². The summed E-state index contributed by atoms with van der Waals surface area (Å²) in [7, 11) is -2.59. The number of nitrogens with zero attached hydrogens (tertiary/aromatic N) is 2. The maximum Gasteiger partial charge on any atom is 0.312 e. The van der Waals surface area contributed by atoms with Gasteiger partial charge < -0.3 is 4.74 Å². The van der Waals surface area contributed by atoms with Gasteiger partial charge in [-0.15, -0.1) is 0 Å². The van der Waals surface area contributed by atoms with Gasteiger partial charge in [-0.3, -0.25) is 15.0 Å². The average molecular weight is 288 g/mol. The lowest BCUT2D eigenvalue weighted by Crippen LogP contribution is -2.26. The molecule has 8 nitrogen and oxygen atoms in total. The lowest BCUT2D eigenvalue weighted by atomic mass is 10.3. The molecule has 0 bridgehead atoms. The first-order valence-corrected chi connectivity index (χ1v) is 6.89. The molecule has 0 saturated carbocycles. The van der Waals surface area contributed by atoms with Crippen molar-refractivity contribution in [2.45, 2.75) is 11.3 Å². The monoisotopic (exact) mass is 288 g/mol. The summed E-state index contributed by atoms with van der Waals surface area (Å²) in [6.07, 6.45) is 0.595. The Morgan fingerprint density at radius 3 is 2.74 bits per heavy atom. The van der Waals surface area contributed by atoms with Crippen molar-refractivity contribution in [2.75, 3.05) is 20.3 Å². The molecule has 0 aliphatic carbocycles. The van der Waals surface area contributed by atoms with E-state index in [2.05, 4.69) is 0 Å². The highest BCUT2D eigenvalue weighted by atomic mass is 32.2. The van der Waals surface area contributed by atoms with Crippen LogP contribution in [-0.2, 0) is 14.9 Å². The number of methoxy groups -OCH3 is 1. The van der Waals surface area contributed by atoms with Crippen molar-refractivity contribution < 1.29 is 22.9 Å². The van der Waals surface area contributed by atoms with Gasteiger partial charge in [0, 0.05) is 12.6 Å². The van der Waals surface area contributed by atoms with Crippen molar-refractivity contribution in [3.63, 3.8) is 0 Å². The molecule has 1 aromatic carbocycles. The number of ether oxygens (including phenoxy) is 1. The molecule has 0 spiro atoms. The Morgan fingerprint density at radius 1 is 1.47 bits per heavy atom. The van der Waals surface area contributed by atoms with Crippen molar-refractivity contribution in [3.05, 3.63) is 28.3 Å². The Labute approximate surface area is 109 Å². The summed E-state index contributed by atoms with van der Waals surface area (Å²) >= 11 is 0. The second kappa shape index (κ2) is 5.11. The molecule has 104 valence electrons. The molecule has 0 radical (unpaired) electrons. The van der Waals surface area contributed by atoms with Crippen LogP contribution in [0.1, 0.15) is 6.42 Å². The van der Waals surface area contributed by atoms with Crippen LogP contribution >= 0.6 is 0 Å². The van der Waals surface area contributed by atoms with Crippen molar-refractivity contribution in [1.82, 2.24) is 4.47 Å². The molecule has 9 heteroatoms. The van der Waals surface area contributed by atoms with E-state index in [0.29, 0.717) is 13.0 Å². The first-order chi connectivity index (χ1) is 8.96. The normalized spacial score (nSPS) is 16.5. The predicted molar refractivity (Wildman–Crippen MR) is 64.1 cm³/mol. The second-order valence-electron chi connectivity index (χ2n) is 3.81. The lowest BCUT2D eigenvalue weighted by molar-refractivity contribution is -0.386. The number of hydroxylamine groups is 1. The molecule has 0 N–H and O–H groups in total. The van der Waals surface area contributed by atoms with Gasteiger partial charge >= 0.3 is 5.69 Å². The lowest BCUT2D eigenvalue weighted by Gasteiger charge is -2.14. The molecule has 19 heavy (non-hydrogen) atoms. The standard InChI is InChI=1S/C10H12N2O6S/c1-17-10-4-3-8(7-9(10)12(13)14)19(15,16)11-5-2-6-18-11/h3-4,7H,2,5-6H2,1H3. The fourth-order valence-electron chi connectivity index (χ4n) is 1.70. The molecule has 1 saturated heterocycles. The third kappa shape index (κ3) is 2.53. The van der Waals surface area contributed by atoms with Crippen LogP contribution in [0, 0.1) is 10.1 Å². The van der Waals surface area contributed by atoms with Crippen LogP contribution in [0.15, 0.2) is 23.1 Å². The van der Waals surface area contributed by atoms with Gasteiger partial charge in [-0.2, -0.15) is 0 Å². The number of nitro groups is 1. The van der Waals surface area contributed by atoms with Crippen LogP contribution in [0.25, 0.3) is 0 Å². The van der Waals surface area contributed by atoms with Crippen molar-refractivity contribution >= 4 is 15.7 Å². The Morgan fingerprint density at radius 2 is 2.21 bits per heavy atom. The van der Waals surface area contributed by atoms with Gasteiger partial charge in [0.05, 0.1) is 23.5 Å². The van der Waals surface area contributed by atoms with Crippen molar-refractivity contribution in [3.8, 4) is 5.75 Å². The molecule has 0 atom stereocenters. The summed E-state index contributed by atoms with van der Waals surface area (Å²) < 4.78 is 30.0. The minimum absolute atomic E-state index is 0.00582. The molecule has 0 aromatic heterocycles. The number of nitro benzene ring substituents is 1. The molecule has 0 unspecified atom stereocenters. The van der Waals surface area contributed by atoms with Gasteiger partial charge in [0.1, 0.15) is 0 Å². The maximum atomic E-state index is 12.1. The highest BCUT2D eigenvalue weighted by Crippen LogP contribution is 2.31. The molecule has 1 fully saturated rings. The van der Waals surface area contributed by atoms with E-state index < -0.39 is 20.6 Å². The Hall–Kier alpha value is -1.71. The fourth-order valence-corrected chi connectivity index (χ4v) is 3.02. The molecular weight excluding hydrogens is 276 g/mol. The van der Waals surface area contributed by atoms with E-state index in [1.54, 1.807) is 0 Å². The molecule has 0 amide bonds. The highest BCUT2D eigenvalue weighted by molar-refractivity contribution is 7.89. The zero-order valence-corrected chi connectivity index (χ0v) is 10.9. The SMILES string of the molecule is COc1ccc(S(=O)(=O)N2CCCO2)cc1[N+](=O)[O-]. The molecular formula is C10H12N2O6S. The van der Waals surface area contributed by atoms with Gasteiger partial charge in [0.15, 0.2) is 5.75 Å². The van der Waals surface area contributed by atoms with Crippen LogP contribution in [0.3, 0.4) is 0 Å². The summed E-state index contributed by atoms with van der Waals surface area (Å²) in [5.41, 5.74) is -0.400. The van der Waals surface area contributed by atoms with E-state index in [1.165, 1.54) is 19.2 Å². The summed E-state index contributed by atoms with van der Waals surface area (Å²) in [5.74, 6) is 0.00582. The topological polar surface area (TPSA) is 99.0 Å². The number of rotatable bonds is 4. The van der Waals surface area contributed by atoms with E-state index in [-0.39, 0.29) is 17.2 Å². The minimum atomic E-state index is -3.87. The van der Waals surface area contributed by atoms with Gasteiger partial charge in [0.25, 0.3) is 10.0 Å². The molecule has 1 aromatic rings. The van der Waals surface area contributed by atoms with E-state index in [4.69, 9.17) is 9.57 Å². The van der Waals surface area contributed by atoms with Gasteiger partial charge in [0.2, 0.25) is 0 Å². The van der Waals surface area contributed by atoms with Crippen LogP contribution < -0.4 is 4.74 Å². The fraction of sp³-hybridized carbons (Fsp3) is 0.400. The number of hydrogen-bond acceptors (Lipinski definition) is 6. The number of hydrogen-bond donors (Lipinski definition) is 0. The van der Waals surface area contributed by atoms with Gasteiger partial charge in [-0.25, -0.2) is 8.42 Å². The predicted octanol–water partition coefficient (Wildman–Crippen LogP) is 0.929. The molecule has 1 heterocycles. The Balaban J connectivity index is 2.45. The van der Waals surface area contributed by atoms with Crippen LogP contribution in [0.5, 0.6) is 5.75 Å². The largest absolute Gasteiger partial charge is 0.490 e. The van der Waals surface area contributed by atoms with Crippen LogP contribution in [0.2, 0.25) is 0 Å². The van der Waals surface area contributed by atoms with Gasteiger partial charge in [-0.05, 0) is 18.6 Å². The van der Waals surface area contributed by atoms with Crippen molar-refractivity contribution in [2.24, 2.45) is 0 Å². The smallest absolute Gasteiger partial charge is 0.312 e. The molecule has 2 rings (SSSR count). The third-order valence-electron chi connectivity index (χ3n) is 2.63. The maximum absolute atomic E-state index is 12.1. The highest BCUT2D eigenvalue weighted by Gasteiger charge is 2.31. The van der Waals surface area contributed by atoms with Crippen LogP contribution in [-0.4, -0.2) is 38.1 Å². The quantitative estimate of drug-likeness (QED) is 0.603. The molecule has 1 aliphatic heterocycles. The van der Waals surface area contributed by atoms with E-state index in [1.807, 2.05) is 0 Å². The third-order valence-corrected chi connectivity index (χ3v) is 4.31. The van der Waals surface area contributed by atoms with Gasteiger partial charge in [-0.1, -0.05) is 4.47 Å².